The standard InChI is InChI=1S/C19H28N2O4S/c1-4-24-18(23)16-13-11-19(2,3)25-12-14(13)26-17(16)20-15(22)7-10-21-8-5-6-9-21/h4-12H2,1-3H3,(H,20,22). The maximum Gasteiger partial charge on any atom is 0.341 e. The number of hydrogen-bond acceptors (Lipinski definition) is 6. The van der Waals surface area contributed by atoms with E-state index >= 15 is 0 Å². The number of anilines is 1. The van der Waals surface area contributed by atoms with Gasteiger partial charge in [0.05, 0.1) is 24.4 Å². The summed E-state index contributed by atoms with van der Waals surface area (Å²) in [6.45, 7) is 9.49. The minimum atomic E-state index is -0.363. The molecule has 1 saturated heterocycles. The third kappa shape index (κ3) is 4.45. The van der Waals surface area contributed by atoms with Crippen molar-refractivity contribution < 1.29 is 19.1 Å². The Balaban J connectivity index is 1.76. The summed E-state index contributed by atoms with van der Waals surface area (Å²) in [6.07, 6.45) is 3.49. The van der Waals surface area contributed by atoms with E-state index in [2.05, 4.69) is 10.2 Å². The van der Waals surface area contributed by atoms with Gasteiger partial charge in [0.2, 0.25) is 5.91 Å². The van der Waals surface area contributed by atoms with Gasteiger partial charge in [0.15, 0.2) is 0 Å². The molecule has 3 rings (SSSR count). The first-order valence-electron chi connectivity index (χ1n) is 9.37. The number of ether oxygens (including phenoxy) is 2. The van der Waals surface area contributed by atoms with Crippen LogP contribution < -0.4 is 5.32 Å². The molecule has 26 heavy (non-hydrogen) atoms. The second-order valence-electron chi connectivity index (χ2n) is 7.50. The van der Waals surface area contributed by atoms with Gasteiger partial charge in [-0.3, -0.25) is 4.79 Å². The molecule has 1 aromatic heterocycles. The van der Waals surface area contributed by atoms with Crippen LogP contribution in [0.1, 0.15) is 60.8 Å². The fraction of sp³-hybridized carbons (Fsp3) is 0.684. The Kier molecular flexibility index (Phi) is 5.99. The molecule has 0 aromatic carbocycles. The number of nitrogens with zero attached hydrogens (tertiary/aromatic N) is 1. The zero-order valence-electron chi connectivity index (χ0n) is 15.9. The molecule has 0 bridgehead atoms. The van der Waals surface area contributed by atoms with E-state index in [1.807, 2.05) is 13.8 Å². The quantitative estimate of drug-likeness (QED) is 0.768. The van der Waals surface area contributed by atoms with Crippen molar-refractivity contribution in [2.75, 3.05) is 31.6 Å². The molecule has 1 fully saturated rings. The molecule has 0 saturated carbocycles. The molecule has 2 aliphatic rings. The van der Waals surface area contributed by atoms with E-state index in [1.165, 1.54) is 24.2 Å². The summed E-state index contributed by atoms with van der Waals surface area (Å²) in [6, 6.07) is 0. The van der Waals surface area contributed by atoms with Gasteiger partial charge in [-0.05, 0) is 52.3 Å². The number of fused-ring (bicyclic) bond motifs is 1. The third-order valence-electron chi connectivity index (χ3n) is 4.87. The van der Waals surface area contributed by atoms with Gasteiger partial charge in [0.25, 0.3) is 0 Å². The lowest BCUT2D eigenvalue weighted by molar-refractivity contribution is -0.116. The fourth-order valence-electron chi connectivity index (χ4n) is 3.52. The van der Waals surface area contributed by atoms with Gasteiger partial charge >= 0.3 is 5.97 Å². The Morgan fingerprint density at radius 2 is 2.04 bits per heavy atom. The molecule has 6 nitrogen and oxygen atoms in total. The highest BCUT2D eigenvalue weighted by molar-refractivity contribution is 7.17. The number of nitrogens with one attached hydrogen (secondary N) is 1. The molecule has 2 aliphatic heterocycles. The van der Waals surface area contributed by atoms with Crippen molar-refractivity contribution in [3.8, 4) is 0 Å². The Morgan fingerprint density at radius 1 is 1.31 bits per heavy atom. The van der Waals surface area contributed by atoms with Crippen molar-refractivity contribution in [2.45, 2.75) is 58.7 Å². The van der Waals surface area contributed by atoms with Crippen LogP contribution in [0.15, 0.2) is 0 Å². The second kappa shape index (κ2) is 8.06. The predicted octanol–water partition coefficient (Wildman–Crippen LogP) is 3.20. The molecule has 0 spiro atoms. The fourth-order valence-corrected chi connectivity index (χ4v) is 4.65. The number of thiophene rings is 1. The lowest BCUT2D eigenvalue weighted by atomic mass is 9.93. The minimum absolute atomic E-state index is 0.0544. The van der Waals surface area contributed by atoms with E-state index < -0.39 is 0 Å². The largest absolute Gasteiger partial charge is 0.462 e. The average Bonchev–Trinajstić information content (AvgIpc) is 3.19. The van der Waals surface area contributed by atoms with Gasteiger partial charge in [-0.15, -0.1) is 11.3 Å². The van der Waals surface area contributed by atoms with Gasteiger partial charge in [-0.2, -0.15) is 0 Å². The summed E-state index contributed by atoms with van der Waals surface area (Å²) in [5.74, 6) is -0.418. The molecule has 1 N–H and O–H groups in total. The van der Waals surface area contributed by atoms with Gasteiger partial charge in [0, 0.05) is 24.3 Å². The van der Waals surface area contributed by atoms with Gasteiger partial charge in [0.1, 0.15) is 5.00 Å². The van der Waals surface area contributed by atoms with Crippen molar-refractivity contribution in [3.63, 3.8) is 0 Å². The predicted molar refractivity (Wildman–Crippen MR) is 102 cm³/mol. The van der Waals surface area contributed by atoms with Crippen LogP contribution in [0.3, 0.4) is 0 Å². The summed E-state index contributed by atoms with van der Waals surface area (Å²) in [4.78, 5) is 28.3. The van der Waals surface area contributed by atoms with Gasteiger partial charge in [-0.1, -0.05) is 0 Å². The Hall–Kier alpha value is -1.44. The first kappa shape index (κ1) is 19.3. The maximum absolute atomic E-state index is 12.5. The van der Waals surface area contributed by atoms with Gasteiger partial charge < -0.3 is 19.7 Å². The second-order valence-corrected chi connectivity index (χ2v) is 8.61. The number of carbonyl (C=O) groups is 2. The van der Waals surface area contributed by atoms with E-state index in [1.54, 1.807) is 6.92 Å². The monoisotopic (exact) mass is 380 g/mol. The lowest BCUT2D eigenvalue weighted by Gasteiger charge is -2.30. The highest BCUT2D eigenvalue weighted by atomic mass is 32.1. The molecule has 144 valence electrons. The first-order valence-corrected chi connectivity index (χ1v) is 10.2. The molecule has 1 amide bonds. The summed E-state index contributed by atoms with van der Waals surface area (Å²) >= 11 is 1.43. The van der Waals surface area contributed by atoms with Crippen LogP contribution in [-0.2, 0) is 27.3 Å². The maximum atomic E-state index is 12.5. The van der Waals surface area contributed by atoms with Gasteiger partial charge in [-0.25, -0.2) is 4.79 Å². The molecule has 7 heteroatoms. The molecule has 0 unspecified atom stereocenters. The number of esters is 1. The van der Waals surface area contributed by atoms with Crippen molar-refractivity contribution >= 4 is 28.2 Å². The minimum Gasteiger partial charge on any atom is -0.462 e. The van der Waals surface area contributed by atoms with Crippen molar-refractivity contribution in [1.82, 2.24) is 4.90 Å². The number of hydrogen-bond donors (Lipinski definition) is 1. The molecular formula is C19H28N2O4S. The zero-order valence-corrected chi connectivity index (χ0v) is 16.7. The summed E-state index contributed by atoms with van der Waals surface area (Å²) in [5.41, 5.74) is 1.14. The first-order chi connectivity index (χ1) is 12.4. The highest BCUT2D eigenvalue weighted by Crippen LogP contribution is 2.40. The van der Waals surface area contributed by atoms with E-state index in [-0.39, 0.29) is 17.5 Å². The molecule has 0 radical (unpaired) electrons. The van der Waals surface area contributed by atoms with Crippen LogP contribution in [0.2, 0.25) is 0 Å². The summed E-state index contributed by atoms with van der Waals surface area (Å²) in [7, 11) is 0. The SMILES string of the molecule is CCOC(=O)c1c(NC(=O)CCN2CCCC2)sc2c1CC(C)(C)OC2. The Morgan fingerprint density at radius 3 is 2.73 bits per heavy atom. The van der Waals surface area contributed by atoms with Crippen LogP contribution in [0.4, 0.5) is 5.00 Å². The van der Waals surface area contributed by atoms with Crippen LogP contribution in [0, 0.1) is 0 Å². The van der Waals surface area contributed by atoms with Crippen LogP contribution in [0.25, 0.3) is 0 Å². The van der Waals surface area contributed by atoms with Crippen LogP contribution >= 0.6 is 11.3 Å². The smallest absolute Gasteiger partial charge is 0.341 e. The normalized spacial score (nSPS) is 19.2. The Bertz CT molecular complexity index is 677. The molecule has 0 atom stereocenters. The zero-order chi connectivity index (χ0) is 18.7. The Labute approximate surface area is 158 Å². The number of amides is 1. The average molecular weight is 381 g/mol. The van der Waals surface area contributed by atoms with E-state index in [9.17, 15) is 9.59 Å². The number of carbonyl (C=O) groups excluding carboxylic acids is 2. The van der Waals surface area contributed by atoms with Crippen molar-refractivity contribution in [3.05, 3.63) is 16.0 Å². The number of likely N-dealkylation sites (tertiary alicyclic amines) is 1. The number of rotatable bonds is 6. The summed E-state index contributed by atoms with van der Waals surface area (Å²) in [5, 5.41) is 3.55. The van der Waals surface area contributed by atoms with E-state index in [4.69, 9.17) is 9.47 Å². The topological polar surface area (TPSA) is 67.9 Å². The van der Waals surface area contributed by atoms with E-state index in [0.717, 1.165) is 30.1 Å². The van der Waals surface area contributed by atoms with Crippen LogP contribution in [-0.4, -0.2) is 48.6 Å². The highest BCUT2D eigenvalue weighted by Gasteiger charge is 2.34. The molecule has 1 aromatic rings. The van der Waals surface area contributed by atoms with Crippen LogP contribution in [0.5, 0.6) is 0 Å². The molecule has 3 heterocycles. The van der Waals surface area contributed by atoms with E-state index in [0.29, 0.717) is 36.6 Å². The lowest BCUT2D eigenvalue weighted by Crippen LogP contribution is -2.32. The summed E-state index contributed by atoms with van der Waals surface area (Å²) < 4.78 is 11.1. The molecule has 0 aliphatic carbocycles. The van der Waals surface area contributed by atoms with Crippen molar-refractivity contribution in [2.24, 2.45) is 0 Å². The molecular weight excluding hydrogens is 352 g/mol. The third-order valence-corrected chi connectivity index (χ3v) is 5.99. The van der Waals surface area contributed by atoms with Crippen molar-refractivity contribution in [1.29, 1.82) is 0 Å².